The van der Waals surface area contributed by atoms with Crippen LogP contribution in [0.1, 0.15) is 16.8 Å². The number of benzene rings is 1. The van der Waals surface area contributed by atoms with Crippen LogP contribution in [0.15, 0.2) is 12.1 Å². The minimum atomic E-state index is -1.32. The standard InChI is InChI=1S/C12H12F2N2O4/c1-20-8-2-3-15(6-8)12(17)9-4-7(13)5-10(11(9)14)16(18)19/h4-5,8H,2-3,6H2,1H3. The van der Waals surface area contributed by atoms with E-state index in [0.717, 1.165) is 0 Å². The number of nitro groups is 1. The summed E-state index contributed by atoms with van der Waals surface area (Å²) in [4.78, 5) is 22.9. The van der Waals surface area contributed by atoms with Gasteiger partial charge in [0, 0.05) is 20.2 Å². The van der Waals surface area contributed by atoms with E-state index in [2.05, 4.69) is 0 Å². The summed E-state index contributed by atoms with van der Waals surface area (Å²) in [6.45, 7) is 0.584. The molecule has 1 aromatic rings. The molecule has 0 aromatic heterocycles. The van der Waals surface area contributed by atoms with Crippen LogP contribution in [0, 0.1) is 21.7 Å². The van der Waals surface area contributed by atoms with E-state index in [0.29, 0.717) is 25.1 Å². The lowest BCUT2D eigenvalue weighted by molar-refractivity contribution is -0.387. The van der Waals surface area contributed by atoms with Gasteiger partial charge < -0.3 is 9.64 Å². The molecule has 1 amide bonds. The summed E-state index contributed by atoms with van der Waals surface area (Å²) in [5.41, 5.74) is -1.68. The van der Waals surface area contributed by atoms with Crippen LogP contribution in [-0.4, -0.2) is 42.0 Å². The molecule has 1 aliphatic heterocycles. The highest BCUT2D eigenvalue weighted by molar-refractivity contribution is 5.95. The minimum absolute atomic E-state index is 0.162. The second kappa shape index (κ2) is 5.49. The van der Waals surface area contributed by atoms with Crippen LogP contribution < -0.4 is 0 Å². The molecule has 6 nitrogen and oxygen atoms in total. The monoisotopic (exact) mass is 286 g/mol. The van der Waals surface area contributed by atoms with Gasteiger partial charge in [0.15, 0.2) is 0 Å². The number of hydrogen-bond donors (Lipinski definition) is 0. The van der Waals surface area contributed by atoms with Crippen LogP contribution >= 0.6 is 0 Å². The maximum Gasteiger partial charge on any atom is 0.308 e. The van der Waals surface area contributed by atoms with Crippen molar-refractivity contribution in [2.24, 2.45) is 0 Å². The smallest absolute Gasteiger partial charge is 0.308 e. The zero-order valence-corrected chi connectivity index (χ0v) is 10.6. The molecule has 20 heavy (non-hydrogen) atoms. The molecule has 0 aliphatic carbocycles. The number of nitrogens with zero attached hydrogens (tertiary/aromatic N) is 2. The van der Waals surface area contributed by atoms with Gasteiger partial charge in [-0.15, -0.1) is 0 Å². The van der Waals surface area contributed by atoms with Crippen LogP contribution in [0.4, 0.5) is 14.5 Å². The topological polar surface area (TPSA) is 72.7 Å². The molecule has 1 fully saturated rings. The van der Waals surface area contributed by atoms with Crippen LogP contribution in [0.25, 0.3) is 0 Å². The molecule has 0 saturated carbocycles. The molecule has 1 saturated heterocycles. The van der Waals surface area contributed by atoms with Crippen molar-refractivity contribution in [2.45, 2.75) is 12.5 Å². The molecule has 108 valence electrons. The van der Waals surface area contributed by atoms with Gasteiger partial charge in [-0.3, -0.25) is 14.9 Å². The fourth-order valence-corrected chi connectivity index (χ4v) is 2.14. The zero-order chi connectivity index (χ0) is 14.9. The van der Waals surface area contributed by atoms with Gasteiger partial charge in [-0.1, -0.05) is 0 Å². The predicted octanol–water partition coefficient (Wildman–Crippen LogP) is 1.73. The third kappa shape index (κ3) is 2.60. The Balaban J connectivity index is 2.33. The van der Waals surface area contributed by atoms with Crippen molar-refractivity contribution >= 4 is 11.6 Å². The molecule has 1 aliphatic rings. The molecule has 0 spiro atoms. The lowest BCUT2D eigenvalue weighted by Crippen LogP contribution is -2.30. The number of carbonyl (C=O) groups excluding carboxylic acids is 1. The van der Waals surface area contributed by atoms with E-state index in [9.17, 15) is 23.7 Å². The Bertz CT molecular complexity index is 565. The highest BCUT2D eigenvalue weighted by Crippen LogP contribution is 2.25. The van der Waals surface area contributed by atoms with Gasteiger partial charge in [0.1, 0.15) is 5.82 Å². The largest absolute Gasteiger partial charge is 0.380 e. The fourth-order valence-electron chi connectivity index (χ4n) is 2.14. The third-order valence-electron chi connectivity index (χ3n) is 3.21. The Morgan fingerprint density at radius 3 is 2.75 bits per heavy atom. The van der Waals surface area contributed by atoms with Crippen molar-refractivity contribution in [3.05, 3.63) is 39.4 Å². The van der Waals surface area contributed by atoms with E-state index in [4.69, 9.17) is 4.74 Å². The Hall–Kier alpha value is -2.09. The van der Waals surface area contributed by atoms with Crippen molar-refractivity contribution in [3.8, 4) is 0 Å². The van der Waals surface area contributed by atoms with Gasteiger partial charge in [0.2, 0.25) is 5.82 Å². The zero-order valence-electron chi connectivity index (χ0n) is 10.6. The van der Waals surface area contributed by atoms with Gasteiger partial charge in [0.25, 0.3) is 5.91 Å². The summed E-state index contributed by atoms with van der Waals surface area (Å²) >= 11 is 0. The molecule has 0 bridgehead atoms. The number of amides is 1. The van der Waals surface area contributed by atoms with Gasteiger partial charge in [-0.05, 0) is 12.5 Å². The highest BCUT2D eigenvalue weighted by Gasteiger charge is 2.31. The predicted molar refractivity (Wildman–Crippen MR) is 64.3 cm³/mol. The van der Waals surface area contributed by atoms with Crippen LogP contribution in [-0.2, 0) is 4.74 Å². The van der Waals surface area contributed by atoms with Gasteiger partial charge in [-0.25, -0.2) is 4.39 Å². The van der Waals surface area contributed by atoms with E-state index >= 15 is 0 Å². The summed E-state index contributed by atoms with van der Waals surface area (Å²) in [5, 5.41) is 10.6. The first kappa shape index (κ1) is 14.3. The number of rotatable bonds is 3. The summed E-state index contributed by atoms with van der Waals surface area (Å²) in [5.74, 6) is -3.11. The summed E-state index contributed by atoms with van der Waals surface area (Å²) in [7, 11) is 1.49. The molecule has 0 radical (unpaired) electrons. The average molecular weight is 286 g/mol. The van der Waals surface area contributed by atoms with Crippen LogP contribution in [0.5, 0.6) is 0 Å². The van der Waals surface area contributed by atoms with Crippen LogP contribution in [0.3, 0.4) is 0 Å². The molecule has 0 N–H and O–H groups in total. The maximum atomic E-state index is 13.9. The Morgan fingerprint density at radius 2 is 2.20 bits per heavy atom. The number of likely N-dealkylation sites (tertiary alicyclic amines) is 1. The number of halogens is 2. The lowest BCUT2D eigenvalue weighted by Gasteiger charge is -2.16. The van der Waals surface area contributed by atoms with E-state index in [1.54, 1.807) is 0 Å². The van der Waals surface area contributed by atoms with Crippen LogP contribution in [0.2, 0.25) is 0 Å². The van der Waals surface area contributed by atoms with Gasteiger partial charge in [-0.2, -0.15) is 4.39 Å². The molecule has 1 unspecified atom stereocenters. The number of carbonyl (C=O) groups is 1. The first-order valence-electron chi connectivity index (χ1n) is 5.89. The quantitative estimate of drug-likeness (QED) is 0.626. The van der Waals surface area contributed by atoms with E-state index in [1.165, 1.54) is 12.0 Å². The van der Waals surface area contributed by atoms with Gasteiger partial charge >= 0.3 is 5.69 Å². The second-order valence-corrected chi connectivity index (χ2v) is 4.44. The van der Waals surface area contributed by atoms with E-state index in [1.807, 2.05) is 0 Å². The maximum absolute atomic E-state index is 13.9. The van der Waals surface area contributed by atoms with Crippen molar-refractivity contribution in [2.75, 3.05) is 20.2 Å². The number of ether oxygens (including phenoxy) is 1. The van der Waals surface area contributed by atoms with E-state index in [-0.39, 0.29) is 12.6 Å². The summed E-state index contributed by atoms with van der Waals surface area (Å²) < 4.78 is 32.3. The first-order valence-corrected chi connectivity index (χ1v) is 5.89. The molecule has 1 heterocycles. The van der Waals surface area contributed by atoms with Crippen molar-refractivity contribution in [3.63, 3.8) is 0 Å². The van der Waals surface area contributed by atoms with Crippen molar-refractivity contribution in [1.29, 1.82) is 0 Å². The molecular weight excluding hydrogens is 274 g/mol. The molecular formula is C12H12F2N2O4. The Labute approximate surface area is 113 Å². The average Bonchev–Trinajstić information content (AvgIpc) is 2.88. The van der Waals surface area contributed by atoms with Gasteiger partial charge in [0.05, 0.1) is 22.7 Å². The molecule has 2 rings (SSSR count). The molecule has 1 aromatic carbocycles. The number of nitro benzene ring substituents is 1. The lowest BCUT2D eigenvalue weighted by atomic mass is 10.1. The van der Waals surface area contributed by atoms with E-state index < -0.39 is 33.7 Å². The van der Waals surface area contributed by atoms with Crippen molar-refractivity contribution < 1.29 is 23.2 Å². The number of methoxy groups -OCH3 is 1. The third-order valence-corrected chi connectivity index (χ3v) is 3.21. The second-order valence-electron chi connectivity index (χ2n) is 4.44. The Kier molecular flexibility index (Phi) is 3.93. The summed E-state index contributed by atoms with van der Waals surface area (Å²) in [6.07, 6.45) is 0.423. The Morgan fingerprint density at radius 1 is 1.50 bits per heavy atom. The molecule has 8 heteroatoms. The first-order chi connectivity index (χ1) is 9.43. The fraction of sp³-hybridized carbons (Fsp3) is 0.417. The summed E-state index contributed by atoms with van der Waals surface area (Å²) in [6, 6.07) is 1.12. The van der Waals surface area contributed by atoms with Crippen molar-refractivity contribution in [1.82, 2.24) is 4.90 Å². The molecule has 1 atom stereocenters. The number of hydrogen-bond acceptors (Lipinski definition) is 4. The SMILES string of the molecule is COC1CCN(C(=O)c2cc(F)cc([N+](=O)[O-])c2F)C1. The highest BCUT2D eigenvalue weighted by atomic mass is 19.1. The minimum Gasteiger partial charge on any atom is -0.380 e. The normalized spacial score (nSPS) is 18.4.